The average molecular weight is 235 g/mol. The molecular weight excluding hydrogens is 223 g/mol. The van der Waals surface area contributed by atoms with Gasteiger partial charge in [-0.15, -0.1) is 0 Å². The van der Waals surface area contributed by atoms with E-state index in [0.29, 0.717) is 0 Å². The third-order valence-corrected chi connectivity index (χ3v) is 1.11. The van der Waals surface area contributed by atoms with E-state index >= 15 is 0 Å². The zero-order valence-electron chi connectivity index (χ0n) is 8.27. The number of rotatable bonds is 0. The molecule has 0 amide bonds. The molecule has 2 aromatic rings. The van der Waals surface area contributed by atoms with E-state index in [4.69, 9.17) is 10.5 Å². The topological polar surface area (TPSA) is 47.6 Å². The number of hydrogen-bond donors (Lipinski definition) is 0. The van der Waals surface area contributed by atoms with Crippen molar-refractivity contribution < 1.29 is 18.6 Å². The molecule has 0 aliphatic rings. The fraction of sp³-hybridized carbons (Fsp3) is 0. The van der Waals surface area contributed by atoms with Gasteiger partial charge in [0.2, 0.25) is 0 Å². The molecule has 2 nitrogen and oxygen atoms in total. The summed E-state index contributed by atoms with van der Waals surface area (Å²) in [6.07, 6.45) is 0. The van der Waals surface area contributed by atoms with E-state index in [1.807, 2.05) is 60.7 Å². The molecule has 0 heterocycles. The van der Waals surface area contributed by atoms with Crippen LogP contribution >= 0.6 is 0 Å². The van der Waals surface area contributed by atoms with Gasteiger partial charge in [-0.3, -0.25) is 0 Å². The van der Waals surface area contributed by atoms with Crippen molar-refractivity contribution in [1.29, 1.82) is 10.5 Å². The Morgan fingerprint density at radius 1 is 0.667 bits per heavy atom. The van der Waals surface area contributed by atoms with Crippen LogP contribution in [0.2, 0.25) is 0 Å². The van der Waals surface area contributed by atoms with E-state index in [-0.39, 0.29) is 18.6 Å². The van der Waals surface area contributed by atoms with Gasteiger partial charge in [0.05, 0.1) is 0 Å². The molecule has 0 fully saturated rings. The van der Waals surface area contributed by atoms with Crippen LogP contribution in [-0.2, 0) is 18.6 Å². The number of nitriles is 2. The monoisotopic (exact) mass is 235 g/mol. The van der Waals surface area contributed by atoms with Gasteiger partial charge in [0.1, 0.15) is 0 Å². The Balaban J connectivity index is -0.000000138. The van der Waals surface area contributed by atoms with E-state index in [1.54, 1.807) is 0 Å². The maximum Gasteiger partial charge on any atom is 0.0462 e. The van der Waals surface area contributed by atoms with Crippen molar-refractivity contribution in [2.24, 2.45) is 0 Å². The molecule has 0 bridgehead atoms. The Hall–Kier alpha value is -1.74. The van der Waals surface area contributed by atoms with Gasteiger partial charge in [-0.2, -0.15) is 18.2 Å². The Morgan fingerprint density at radius 2 is 0.933 bits per heavy atom. The van der Waals surface area contributed by atoms with Crippen LogP contribution in [0.25, 0.3) is 0 Å². The van der Waals surface area contributed by atoms with Crippen molar-refractivity contribution in [3.8, 4) is 13.1 Å². The molecule has 0 saturated heterocycles. The largest absolute Gasteiger partial charge is 0.748 e. The SMILES string of the molecule is C#N.C#N.[V].[cH-]1[cH-][cH-][cH-][cH-]1.c1cc[cH-]c1. The molecule has 0 N–H and O–H groups in total. The quantitative estimate of drug-likeness (QED) is 0.659. The summed E-state index contributed by atoms with van der Waals surface area (Å²) in [6, 6.07) is 20.0. The molecule has 1 radical (unpaired) electrons. The Kier molecular flexibility index (Phi) is 28.8. The van der Waals surface area contributed by atoms with Gasteiger partial charge in [-0.1, -0.05) is 0 Å². The van der Waals surface area contributed by atoms with Gasteiger partial charge < -0.3 is 30.3 Å². The minimum Gasteiger partial charge on any atom is -0.748 e. The molecule has 15 heavy (non-hydrogen) atoms. The molecule has 0 saturated carbocycles. The van der Waals surface area contributed by atoms with Crippen LogP contribution in [0.15, 0.2) is 60.7 Å². The van der Waals surface area contributed by atoms with Crippen molar-refractivity contribution in [2.45, 2.75) is 0 Å². The summed E-state index contributed by atoms with van der Waals surface area (Å²) in [4.78, 5) is 0. The molecule has 2 rings (SSSR count). The molecule has 0 aromatic heterocycles. The molecule has 0 spiro atoms. The van der Waals surface area contributed by atoms with E-state index in [9.17, 15) is 0 Å². The van der Waals surface area contributed by atoms with Crippen LogP contribution in [0.1, 0.15) is 0 Å². The number of nitrogens with zero attached hydrogens (tertiary/aromatic N) is 2. The first-order valence-electron chi connectivity index (χ1n) is 3.85. The second kappa shape index (κ2) is 22.8. The number of hydrogen-bond acceptors (Lipinski definition) is 2. The van der Waals surface area contributed by atoms with Crippen molar-refractivity contribution >= 4 is 0 Å². The third-order valence-electron chi connectivity index (χ3n) is 1.11. The molecule has 0 aliphatic carbocycles. The fourth-order valence-corrected chi connectivity index (χ4v) is 0.642. The zero-order chi connectivity index (χ0) is 11.1. The van der Waals surface area contributed by atoms with Crippen LogP contribution in [0, 0.1) is 23.7 Å². The minimum absolute atomic E-state index is 0. The first-order chi connectivity index (χ1) is 7.00. The van der Waals surface area contributed by atoms with Crippen LogP contribution in [-0.4, -0.2) is 0 Å². The third kappa shape index (κ3) is 18.9. The van der Waals surface area contributed by atoms with Crippen LogP contribution < -0.4 is 0 Å². The summed E-state index contributed by atoms with van der Waals surface area (Å²) in [7, 11) is 0. The smallest absolute Gasteiger partial charge is 0.0462 e. The van der Waals surface area contributed by atoms with Gasteiger partial charge in [-0.05, 0) is 0 Å². The van der Waals surface area contributed by atoms with Gasteiger partial charge in [-0.25, -0.2) is 22.7 Å². The van der Waals surface area contributed by atoms with Gasteiger partial charge in [0.15, 0.2) is 0 Å². The van der Waals surface area contributed by atoms with Crippen molar-refractivity contribution in [3.05, 3.63) is 60.7 Å². The Bertz CT molecular complexity index is 213. The molecule has 3 heteroatoms. The van der Waals surface area contributed by atoms with E-state index < -0.39 is 0 Å². The van der Waals surface area contributed by atoms with E-state index in [0.717, 1.165) is 0 Å². The maximum absolute atomic E-state index is 6.50. The first kappa shape index (κ1) is 18.9. The van der Waals surface area contributed by atoms with Crippen LogP contribution in [0.5, 0.6) is 0 Å². The summed E-state index contributed by atoms with van der Waals surface area (Å²) in [5.41, 5.74) is 0. The summed E-state index contributed by atoms with van der Waals surface area (Å²) >= 11 is 0. The molecule has 0 aliphatic heterocycles. The summed E-state index contributed by atoms with van der Waals surface area (Å²) < 4.78 is 0. The summed E-state index contributed by atoms with van der Waals surface area (Å²) in [5.74, 6) is 0. The Labute approximate surface area is 103 Å². The first-order valence-corrected chi connectivity index (χ1v) is 3.85. The zero-order valence-corrected chi connectivity index (χ0v) is 9.67. The van der Waals surface area contributed by atoms with Crippen LogP contribution in [0.4, 0.5) is 0 Å². The predicted octanol–water partition coefficient (Wildman–Crippen LogP) is 3.09. The van der Waals surface area contributed by atoms with Crippen molar-refractivity contribution in [3.63, 3.8) is 0 Å². The molecular formula is C12H12N2V-6. The fourth-order valence-electron chi connectivity index (χ4n) is 0.642. The van der Waals surface area contributed by atoms with E-state index in [2.05, 4.69) is 13.1 Å². The standard InChI is InChI=1S/2C5H5.2CHN.V/c2*1-2-4-5-3-1;2*1-2;/h2*1-5H;2*1H;/q-5;-1;;;. The van der Waals surface area contributed by atoms with Crippen molar-refractivity contribution in [2.75, 3.05) is 0 Å². The Morgan fingerprint density at radius 3 is 1.07 bits per heavy atom. The normalized spacial score (nSPS) is 5.60. The van der Waals surface area contributed by atoms with Gasteiger partial charge in [0, 0.05) is 31.7 Å². The second-order valence-electron chi connectivity index (χ2n) is 1.92. The minimum atomic E-state index is 0. The average Bonchev–Trinajstić information content (AvgIpc) is 3.01. The van der Waals surface area contributed by atoms with Gasteiger partial charge >= 0.3 is 0 Å². The molecule has 0 atom stereocenters. The predicted molar refractivity (Wildman–Crippen MR) is 57.4 cm³/mol. The molecule has 81 valence electrons. The molecule has 2 aromatic carbocycles. The van der Waals surface area contributed by atoms with Gasteiger partial charge in [0.25, 0.3) is 0 Å². The second-order valence-corrected chi connectivity index (χ2v) is 1.92. The van der Waals surface area contributed by atoms with Crippen molar-refractivity contribution in [1.82, 2.24) is 0 Å². The maximum atomic E-state index is 6.50. The van der Waals surface area contributed by atoms with E-state index in [1.165, 1.54) is 0 Å². The summed E-state index contributed by atoms with van der Waals surface area (Å²) in [5, 5.41) is 13.0. The van der Waals surface area contributed by atoms with Crippen LogP contribution in [0.3, 0.4) is 0 Å². The summed E-state index contributed by atoms with van der Waals surface area (Å²) in [6.45, 7) is 7.00. The molecule has 0 unspecified atom stereocenters.